The number of nitrogens with zero attached hydrogens (tertiary/aromatic N) is 2. The number of aliphatic hydroxyl groups is 1. The van der Waals surface area contributed by atoms with Crippen LogP contribution in [0.1, 0.15) is 11.1 Å². The molecule has 0 aliphatic heterocycles. The molecule has 14 heavy (non-hydrogen) atoms. The van der Waals surface area contributed by atoms with Gasteiger partial charge in [-0.15, -0.1) is 0 Å². The monoisotopic (exact) mass is 196 g/mol. The van der Waals surface area contributed by atoms with Gasteiger partial charge in [0.1, 0.15) is 6.54 Å². The van der Waals surface area contributed by atoms with E-state index >= 15 is 0 Å². The van der Waals surface area contributed by atoms with Gasteiger partial charge in [0.2, 0.25) is 0 Å². The fourth-order valence-corrected chi connectivity index (χ4v) is 1.11. The molecule has 0 bridgehead atoms. The first-order valence-electron chi connectivity index (χ1n) is 3.84. The maximum absolute atomic E-state index is 10.4. The minimum Gasteiger partial charge on any atom is -0.392 e. The Hall–Kier alpha value is -1.82. The molecule has 0 unspecified atom stereocenters. The van der Waals surface area contributed by atoms with Crippen LogP contribution in [0.5, 0.6) is 0 Å². The molecule has 0 aliphatic rings. The van der Waals surface area contributed by atoms with Gasteiger partial charge in [-0.2, -0.15) is 4.91 Å². The van der Waals surface area contributed by atoms with Crippen LogP contribution in [0.2, 0.25) is 0 Å². The van der Waals surface area contributed by atoms with E-state index in [2.05, 4.69) is 5.18 Å². The number of nitroso groups, excluding NO2 is 1. The van der Waals surface area contributed by atoms with E-state index < -0.39 is 4.92 Å². The van der Waals surface area contributed by atoms with Gasteiger partial charge >= 0.3 is 0 Å². The fourth-order valence-electron chi connectivity index (χ4n) is 1.11. The number of hydrogen-bond acceptors (Lipinski definition) is 5. The van der Waals surface area contributed by atoms with E-state index in [1.807, 2.05) is 0 Å². The zero-order valence-electron chi connectivity index (χ0n) is 7.21. The highest BCUT2D eigenvalue weighted by Gasteiger charge is 2.09. The van der Waals surface area contributed by atoms with E-state index in [4.69, 9.17) is 5.11 Å². The van der Waals surface area contributed by atoms with Crippen LogP contribution in [0, 0.1) is 15.0 Å². The maximum Gasteiger partial charge on any atom is 0.270 e. The Labute approximate surface area is 79.3 Å². The smallest absolute Gasteiger partial charge is 0.270 e. The third-order valence-electron chi connectivity index (χ3n) is 1.68. The van der Waals surface area contributed by atoms with Crippen LogP contribution < -0.4 is 0 Å². The van der Waals surface area contributed by atoms with Gasteiger partial charge in [0.15, 0.2) is 0 Å². The molecule has 6 heteroatoms. The van der Waals surface area contributed by atoms with E-state index in [1.165, 1.54) is 18.2 Å². The molecule has 0 spiro atoms. The number of benzene rings is 1. The second-order valence-electron chi connectivity index (χ2n) is 2.71. The van der Waals surface area contributed by atoms with Gasteiger partial charge in [-0.3, -0.25) is 10.1 Å². The Morgan fingerprint density at radius 3 is 2.50 bits per heavy atom. The first-order chi connectivity index (χ1) is 6.67. The van der Waals surface area contributed by atoms with Crippen LogP contribution in [-0.2, 0) is 13.2 Å². The highest BCUT2D eigenvalue weighted by molar-refractivity contribution is 5.39. The number of nitro benzene ring substituents is 1. The molecular formula is C8H8N2O4. The number of aliphatic hydroxyl groups excluding tert-OH is 1. The van der Waals surface area contributed by atoms with Crippen LogP contribution in [0.3, 0.4) is 0 Å². The summed E-state index contributed by atoms with van der Waals surface area (Å²) in [6.07, 6.45) is 0. The van der Waals surface area contributed by atoms with Crippen molar-refractivity contribution in [2.45, 2.75) is 13.2 Å². The molecule has 0 fully saturated rings. The lowest BCUT2D eigenvalue weighted by Gasteiger charge is -1.99. The molecular weight excluding hydrogens is 188 g/mol. The van der Waals surface area contributed by atoms with Crippen LogP contribution in [0.4, 0.5) is 5.69 Å². The summed E-state index contributed by atoms with van der Waals surface area (Å²) in [4.78, 5) is 19.8. The lowest BCUT2D eigenvalue weighted by Crippen LogP contribution is -1.94. The molecule has 0 aliphatic carbocycles. The Morgan fingerprint density at radius 2 is 2.00 bits per heavy atom. The molecule has 0 aromatic heterocycles. The van der Waals surface area contributed by atoms with Gasteiger partial charge in [0.25, 0.3) is 5.69 Å². The third kappa shape index (κ3) is 2.33. The van der Waals surface area contributed by atoms with Crippen molar-refractivity contribution in [3.8, 4) is 0 Å². The van der Waals surface area contributed by atoms with E-state index in [9.17, 15) is 15.0 Å². The molecule has 6 nitrogen and oxygen atoms in total. The summed E-state index contributed by atoms with van der Waals surface area (Å²) < 4.78 is 0. The van der Waals surface area contributed by atoms with Crippen molar-refractivity contribution in [2.24, 2.45) is 5.18 Å². The molecule has 1 aromatic carbocycles. The summed E-state index contributed by atoms with van der Waals surface area (Å²) in [6, 6.07) is 4.03. The lowest BCUT2D eigenvalue weighted by atomic mass is 10.1. The van der Waals surface area contributed by atoms with Gasteiger partial charge in [0.05, 0.1) is 11.5 Å². The number of rotatable bonds is 4. The average Bonchev–Trinajstić information content (AvgIpc) is 2.17. The largest absolute Gasteiger partial charge is 0.392 e. The van der Waals surface area contributed by atoms with E-state index in [-0.39, 0.29) is 18.8 Å². The van der Waals surface area contributed by atoms with Crippen LogP contribution in [0.15, 0.2) is 23.4 Å². The first-order valence-corrected chi connectivity index (χ1v) is 3.84. The second kappa shape index (κ2) is 4.43. The summed E-state index contributed by atoms with van der Waals surface area (Å²) in [7, 11) is 0. The van der Waals surface area contributed by atoms with E-state index in [0.29, 0.717) is 11.1 Å². The molecule has 0 amide bonds. The van der Waals surface area contributed by atoms with Crippen LogP contribution in [0.25, 0.3) is 0 Å². The van der Waals surface area contributed by atoms with Crippen molar-refractivity contribution in [2.75, 3.05) is 0 Å². The maximum atomic E-state index is 10.4. The molecule has 0 atom stereocenters. The summed E-state index contributed by atoms with van der Waals surface area (Å²) in [6.45, 7) is -0.428. The minimum absolute atomic E-state index is 0.130. The topological polar surface area (TPSA) is 92.8 Å². The molecule has 1 rings (SSSR count). The lowest BCUT2D eigenvalue weighted by molar-refractivity contribution is -0.385. The average molecular weight is 196 g/mol. The standard InChI is InChI=1S/C8H8N2O4/c11-5-7-1-6(4-9-12)2-8(3-7)10(13)14/h1-3,11H,4-5H2. The molecule has 0 heterocycles. The Balaban J connectivity index is 3.12. The second-order valence-corrected chi connectivity index (χ2v) is 2.71. The minimum atomic E-state index is -0.576. The highest BCUT2D eigenvalue weighted by atomic mass is 16.6. The van der Waals surface area contributed by atoms with Crippen molar-refractivity contribution >= 4 is 5.69 Å². The SMILES string of the molecule is O=NCc1cc(CO)cc([N+](=O)[O-])c1. The van der Waals surface area contributed by atoms with Crippen LogP contribution >= 0.6 is 0 Å². The zero-order chi connectivity index (χ0) is 10.6. The molecule has 0 radical (unpaired) electrons. The predicted molar refractivity (Wildman–Crippen MR) is 48.5 cm³/mol. The molecule has 1 aromatic rings. The third-order valence-corrected chi connectivity index (χ3v) is 1.68. The number of nitro groups is 1. The van der Waals surface area contributed by atoms with Gasteiger partial charge in [-0.1, -0.05) is 11.2 Å². The van der Waals surface area contributed by atoms with Crippen molar-refractivity contribution in [3.63, 3.8) is 0 Å². The highest BCUT2D eigenvalue weighted by Crippen LogP contribution is 2.17. The number of non-ortho nitro benzene ring substituents is 1. The first kappa shape index (κ1) is 10.3. The van der Waals surface area contributed by atoms with Crippen molar-refractivity contribution in [3.05, 3.63) is 44.3 Å². The van der Waals surface area contributed by atoms with Gasteiger partial charge in [-0.05, 0) is 11.1 Å². The zero-order valence-corrected chi connectivity index (χ0v) is 7.21. The molecule has 1 N–H and O–H groups in total. The predicted octanol–water partition coefficient (Wildman–Crippen LogP) is 1.35. The van der Waals surface area contributed by atoms with Gasteiger partial charge in [0, 0.05) is 12.1 Å². The fraction of sp³-hybridized carbons (Fsp3) is 0.250. The summed E-state index contributed by atoms with van der Waals surface area (Å²) in [5.41, 5.74) is 0.686. The van der Waals surface area contributed by atoms with E-state index in [0.717, 1.165) is 0 Å². The van der Waals surface area contributed by atoms with E-state index in [1.54, 1.807) is 0 Å². The summed E-state index contributed by atoms with van der Waals surface area (Å²) in [5.74, 6) is 0. The van der Waals surface area contributed by atoms with Gasteiger partial charge in [-0.25, -0.2) is 0 Å². The quantitative estimate of drug-likeness (QED) is 0.447. The normalized spacial score (nSPS) is 9.79. The van der Waals surface area contributed by atoms with Crippen molar-refractivity contribution < 1.29 is 10.0 Å². The van der Waals surface area contributed by atoms with Crippen LogP contribution in [-0.4, -0.2) is 10.0 Å². The molecule has 0 saturated heterocycles. The Bertz CT molecular complexity index is 364. The number of hydrogen-bond donors (Lipinski definition) is 1. The van der Waals surface area contributed by atoms with Crippen molar-refractivity contribution in [1.82, 2.24) is 0 Å². The van der Waals surface area contributed by atoms with Gasteiger partial charge < -0.3 is 5.11 Å². The van der Waals surface area contributed by atoms with Crippen molar-refractivity contribution in [1.29, 1.82) is 0 Å². The summed E-state index contributed by atoms with van der Waals surface area (Å²) >= 11 is 0. The molecule has 74 valence electrons. The Morgan fingerprint density at radius 1 is 1.36 bits per heavy atom. The summed E-state index contributed by atoms with van der Waals surface area (Å²) in [5, 5.41) is 21.9. The Kier molecular flexibility index (Phi) is 3.24. The molecule has 0 saturated carbocycles.